The maximum atomic E-state index is 6.31. The molecular formula is C15H22N2. The van der Waals surface area contributed by atoms with Crippen LogP contribution in [0.2, 0.25) is 0 Å². The predicted octanol–water partition coefficient (Wildman–Crippen LogP) is 2.59. The first-order valence-corrected chi connectivity index (χ1v) is 6.86. The van der Waals surface area contributed by atoms with Crippen molar-refractivity contribution in [1.29, 1.82) is 0 Å². The van der Waals surface area contributed by atoms with Crippen LogP contribution in [0.15, 0.2) is 30.3 Å². The third kappa shape index (κ3) is 2.70. The first-order chi connectivity index (χ1) is 8.33. The zero-order valence-electron chi connectivity index (χ0n) is 10.4. The lowest BCUT2D eigenvalue weighted by molar-refractivity contribution is 0.0996. The van der Waals surface area contributed by atoms with Crippen LogP contribution < -0.4 is 5.73 Å². The van der Waals surface area contributed by atoms with E-state index in [2.05, 4.69) is 35.2 Å². The van der Waals surface area contributed by atoms with Crippen molar-refractivity contribution in [2.75, 3.05) is 6.54 Å². The molecule has 2 fully saturated rings. The molecule has 0 spiro atoms. The van der Waals surface area contributed by atoms with E-state index in [1.54, 1.807) is 0 Å². The van der Waals surface area contributed by atoms with Crippen LogP contribution in [0.25, 0.3) is 0 Å². The van der Waals surface area contributed by atoms with Gasteiger partial charge >= 0.3 is 0 Å². The summed E-state index contributed by atoms with van der Waals surface area (Å²) in [7, 11) is 0. The van der Waals surface area contributed by atoms with Gasteiger partial charge < -0.3 is 5.73 Å². The summed E-state index contributed by atoms with van der Waals surface area (Å²) in [6.07, 6.45) is 5.74. The number of hydrogen-bond acceptors (Lipinski definition) is 2. The molecule has 2 nitrogen and oxygen atoms in total. The molecule has 1 saturated carbocycles. The molecule has 2 heteroatoms. The molecular weight excluding hydrogens is 208 g/mol. The molecule has 0 aromatic heterocycles. The lowest BCUT2D eigenvalue weighted by Gasteiger charge is -2.37. The first-order valence-electron chi connectivity index (χ1n) is 6.86. The average molecular weight is 230 g/mol. The standard InChI is InChI=1S/C15H22N2/c16-15-10-14(13-6-7-13)8-9-17(15)11-12-4-2-1-3-5-12/h1-5,13-15H,6-11,16H2. The van der Waals surface area contributed by atoms with Crippen LogP contribution in [-0.2, 0) is 6.54 Å². The third-order valence-electron chi connectivity index (χ3n) is 4.32. The molecule has 1 aliphatic heterocycles. The highest BCUT2D eigenvalue weighted by Gasteiger charge is 2.36. The second-order valence-corrected chi connectivity index (χ2v) is 5.65. The topological polar surface area (TPSA) is 29.3 Å². The highest BCUT2D eigenvalue weighted by molar-refractivity contribution is 5.14. The number of benzene rings is 1. The van der Waals surface area contributed by atoms with Crippen LogP contribution in [0.1, 0.15) is 31.2 Å². The SMILES string of the molecule is NC1CC(C2CC2)CCN1Cc1ccccc1. The summed E-state index contributed by atoms with van der Waals surface area (Å²) >= 11 is 0. The fourth-order valence-electron chi connectivity index (χ4n) is 3.08. The van der Waals surface area contributed by atoms with E-state index in [0.717, 1.165) is 18.4 Å². The Morgan fingerprint density at radius 2 is 1.82 bits per heavy atom. The number of likely N-dealkylation sites (tertiary alicyclic amines) is 1. The third-order valence-corrected chi connectivity index (χ3v) is 4.32. The van der Waals surface area contributed by atoms with Gasteiger partial charge in [-0.05, 0) is 43.1 Å². The molecule has 92 valence electrons. The second-order valence-electron chi connectivity index (χ2n) is 5.65. The van der Waals surface area contributed by atoms with Crippen molar-refractivity contribution in [1.82, 2.24) is 4.90 Å². The van der Waals surface area contributed by atoms with Crippen LogP contribution in [0.5, 0.6) is 0 Å². The zero-order chi connectivity index (χ0) is 11.7. The minimum absolute atomic E-state index is 0.273. The van der Waals surface area contributed by atoms with E-state index in [1.165, 1.54) is 37.8 Å². The molecule has 0 amide bonds. The van der Waals surface area contributed by atoms with Crippen molar-refractivity contribution in [2.24, 2.45) is 17.6 Å². The van der Waals surface area contributed by atoms with Gasteiger partial charge in [-0.1, -0.05) is 30.3 Å². The van der Waals surface area contributed by atoms with Crippen molar-refractivity contribution in [2.45, 2.75) is 38.4 Å². The van der Waals surface area contributed by atoms with Crippen LogP contribution in [0, 0.1) is 11.8 Å². The number of hydrogen-bond donors (Lipinski definition) is 1. The van der Waals surface area contributed by atoms with Crippen molar-refractivity contribution >= 4 is 0 Å². The van der Waals surface area contributed by atoms with E-state index >= 15 is 0 Å². The Balaban J connectivity index is 1.58. The minimum atomic E-state index is 0.273. The molecule has 1 aromatic carbocycles. The van der Waals surface area contributed by atoms with Gasteiger partial charge in [-0.25, -0.2) is 0 Å². The second kappa shape index (κ2) is 4.79. The Kier molecular flexibility index (Phi) is 3.17. The van der Waals surface area contributed by atoms with Crippen LogP contribution in [-0.4, -0.2) is 17.6 Å². The monoisotopic (exact) mass is 230 g/mol. The van der Waals surface area contributed by atoms with Crippen LogP contribution in [0.3, 0.4) is 0 Å². The average Bonchev–Trinajstić information content (AvgIpc) is 3.17. The number of piperidine rings is 1. The number of rotatable bonds is 3. The van der Waals surface area contributed by atoms with Crippen molar-refractivity contribution in [3.05, 3.63) is 35.9 Å². The van der Waals surface area contributed by atoms with Crippen LogP contribution >= 0.6 is 0 Å². The van der Waals surface area contributed by atoms with Gasteiger partial charge in [-0.15, -0.1) is 0 Å². The van der Waals surface area contributed by atoms with E-state index in [0.29, 0.717) is 0 Å². The Bertz CT molecular complexity index is 358. The van der Waals surface area contributed by atoms with Gasteiger partial charge in [0, 0.05) is 13.1 Å². The molecule has 2 N–H and O–H groups in total. The van der Waals surface area contributed by atoms with E-state index < -0.39 is 0 Å². The van der Waals surface area contributed by atoms with Crippen LogP contribution in [0.4, 0.5) is 0 Å². The van der Waals surface area contributed by atoms with E-state index in [9.17, 15) is 0 Å². The molecule has 3 rings (SSSR count). The molecule has 0 radical (unpaired) electrons. The fourth-order valence-corrected chi connectivity index (χ4v) is 3.08. The Morgan fingerprint density at radius 3 is 2.47 bits per heavy atom. The molecule has 1 heterocycles. The molecule has 1 aliphatic carbocycles. The van der Waals surface area contributed by atoms with Gasteiger partial charge in [0.1, 0.15) is 0 Å². The summed E-state index contributed by atoms with van der Waals surface area (Å²) < 4.78 is 0. The molecule has 17 heavy (non-hydrogen) atoms. The number of nitrogens with two attached hydrogens (primary N) is 1. The molecule has 2 atom stereocenters. The van der Waals surface area contributed by atoms with Crippen molar-refractivity contribution < 1.29 is 0 Å². The fraction of sp³-hybridized carbons (Fsp3) is 0.600. The highest BCUT2D eigenvalue weighted by Crippen LogP contribution is 2.42. The quantitative estimate of drug-likeness (QED) is 0.865. The Morgan fingerprint density at radius 1 is 1.06 bits per heavy atom. The van der Waals surface area contributed by atoms with Gasteiger partial charge in [-0.3, -0.25) is 4.90 Å². The predicted molar refractivity (Wildman–Crippen MR) is 70.3 cm³/mol. The molecule has 1 aromatic rings. The van der Waals surface area contributed by atoms with Gasteiger partial charge in [-0.2, -0.15) is 0 Å². The summed E-state index contributed by atoms with van der Waals surface area (Å²) in [4.78, 5) is 2.44. The molecule has 1 saturated heterocycles. The van der Waals surface area contributed by atoms with Crippen molar-refractivity contribution in [3.8, 4) is 0 Å². The largest absolute Gasteiger partial charge is 0.316 e. The normalized spacial score (nSPS) is 30.4. The Labute approximate surface area is 104 Å². The van der Waals surface area contributed by atoms with Gasteiger partial charge in [0.25, 0.3) is 0 Å². The molecule has 2 unspecified atom stereocenters. The molecule has 0 bridgehead atoms. The first kappa shape index (κ1) is 11.2. The highest BCUT2D eigenvalue weighted by atomic mass is 15.2. The van der Waals surface area contributed by atoms with Gasteiger partial charge in [0.15, 0.2) is 0 Å². The number of nitrogens with zero attached hydrogens (tertiary/aromatic N) is 1. The molecule has 2 aliphatic rings. The maximum Gasteiger partial charge on any atom is 0.0577 e. The van der Waals surface area contributed by atoms with Gasteiger partial charge in [0.05, 0.1) is 6.17 Å². The minimum Gasteiger partial charge on any atom is -0.316 e. The maximum absolute atomic E-state index is 6.31. The van der Waals surface area contributed by atoms with Gasteiger partial charge in [0.2, 0.25) is 0 Å². The van der Waals surface area contributed by atoms with E-state index in [1.807, 2.05) is 0 Å². The zero-order valence-corrected chi connectivity index (χ0v) is 10.4. The summed E-state index contributed by atoms with van der Waals surface area (Å²) in [6.45, 7) is 2.19. The van der Waals surface area contributed by atoms with E-state index in [4.69, 9.17) is 5.73 Å². The smallest absolute Gasteiger partial charge is 0.0577 e. The van der Waals surface area contributed by atoms with E-state index in [-0.39, 0.29) is 6.17 Å². The van der Waals surface area contributed by atoms with Crippen molar-refractivity contribution in [3.63, 3.8) is 0 Å². The summed E-state index contributed by atoms with van der Waals surface area (Å²) in [5.74, 6) is 1.93. The summed E-state index contributed by atoms with van der Waals surface area (Å²) in [5.41, 5.74) is 7.69. The lowest BCUT2D eigenvalue weighted by atomic mass is 9.90. The Hall–Kier alpha value is -0.860. The summed E-state index contributed by atoms with van der Waals surface area (Å²) in [5, 5.41) is 0. The lowest BCUT2D eigenvalue weighted by Crippen LogP contribution is -2.47. The summed E-state index contributed by atoms with van der Waals surface area (Å²) in [6, 6.07) is 10.7.